The molecule has 26 rings (SSSR count). The van der Waals surface area contributed by atoms with E-state index >= 15 is 0 Å². The molecule has 18 aromatic carbocycles. The molecule has 0 bridgehead atoms. The highest BCUT2D eigenvalue weighted by molar-refractivity contribution is 7.26. The second kappa shape index (κ2) is 34.6. The van der Waals surface area contributed by atoms with Crippen LogP contribution in [0.15, 0.2) is 473 Å². The summed E-state index contributed by atoms with van der Waals surface area (Å²) in [6.07, 6.45) is 4.02. The summed E-state index contributed by atoms with van der Waals surface area (Å²) in [6.45, 7) is 0. The molecule has 0 saturated heterocycles. The Bertz CT molecular complexity index is 8940. The van der Waals surface area contributed by atoms with Crippen LogP contribution in [0.1, 0.15) is 0 Å². The number of para-hydroxylation sites is 4. The summed E-state index contributed by atoms with van der Waals surface area (Å²) in [4.78, 5) is 42.4. The van der Waals surface area contributed by atoms with Crippen molar-refractivity contribution in [3.05, 3.63) is 473 Å². The van der Waals surface area contributed by atoms with E-state index in [1.54, 1.807) is 0 Å². The molecule has 0 aliphatic carbocycles. The van der Waals surface area contributed by atoms with Gasteiger partial charge >= 0.3 is 0 Å². The van der Waals surface area contributed by atoms with E-state index in [0.717, 1.165) is 134 Å². The Balaban J connectivity index is 0.000000145. The molecule has 8 aromatic heterocycles. The van der Waals surface area contributed by atoms with Crippen LogP contribution < -0.4 is 0 Å². The Morgan fingerprint density at radius 1 is 0.169 bits per heavy atom. The third-order valence-electron chi connectivity index (χ3n) is 25.8. The summed E-state index contributed by atoms with van der Waals surface area (Å²) < 4.78 is 9.70. The zero-order valence-electron chi connectivity index (χ0n) is 73.3. The molecule has 0 N–H and O–H groups in total. The molecule has 0 amide bonds. The van der Waals surface area contributed by atoms with Crippen LogP contribution in [0.2, 0.25) is 0 Å². The minimum Gasteiger partial charge on any atom is -0.309 e. The summed E-state index contributed by atoms with van der Waals surface area (Å²) in [5.74, 6) is 3.48. The molecule has 10 nitrogen and oxygen atoms in total. The zero-order valence-corrected chi connectivity index (χ0v) is 75.0. The van der Waals surface area contributed by atoms with Gasteiger partial charge in [-0.1, -0.05) is 370 Å². The number of rotatable bonds is 16. The maximum absolute atomic E-state index is 5.53. The predicted octanol–water partition coefficient (Wildman–Crippen LogP) is 32.8. The highest BCUT2D eigenvalue weighted by Crippen LogP contribution is 2.51. The van der Waals surface area contributed by atoms with Crippen LogP contribution >= 0.6 is 22.7 Å². The monoisotopic (exact) mass is 1770 g/mol. The molecule has 0 spiro atoms. The molecular weight excluding hydrogens is 1690 g/mol. The lowest BCUT2D eigenvalue weighted by atomic mass is 9.90. The van der Waals surface area contributed by atoms with E-state index in [9.17, 15) is 0 Å². The summed E-state index contributed by atoms with van der Waals surface area (Å²) in [7, 11) is 0. The molecule has 0 aliphatic heterocycles. The molecule has 0 unspecified atom stereocenters. The van der Waals surface area contributed by atoms with Gasteiger partial charge in [-0.2, -0.15) is 0 Å². The van der Waals surface area contributed by atoms with Crippen LogP contribution in [-0.4, -0.2) is 49.0 Å². The van der Waals surface area contributed by atoms with Gasteiger partial charge in [0, 0.05) is 141 Å². The van der Waals surface area contributed by atoms with Gasteiger partial charge in [0.25, 0.3) is 0 Å². The summed E-state index contributed by atoms with van der Waals surface area (Å²) in [5.41, 5.74) is 29.1. The fourth-order valence-electron chi connectivity index (χ4n) is 19.5. The van der Waals surface area contributed by atoms with Crippen molar-refractivity contribution >= 4 is 107 Å². The third-order valence-corrected chi connectivity index (χ3v) is 28.1. The third kappa shape index (κ3) is 14.6. The van der Waals surface area contributed by atoms with Gasteiger partial charge in [0.05, 0.1) is 33.5 Å². The van der Waals surface area contributed by atoms with Crippen molar-refractivity contribution in [2.24, 2.45) is 0 Å². The topological polar surface area (TPSA) is 113 Å². The fourth-order valence-corrected chi connectivity index (χ4v) is 21.7. The molecule has 12 heteroatoms. The Morgan fingerprint density at radius 3 is 0.926 bits per heavy atom. The maximum atomic E-state index is 5.53. The first-order valence-corrected chi connectivity index (χ1v) is 47.2. The number of benzene rings is 18. The van der Waals surface area contributed by atoms with Crippen LogP contribution in [0.25, 0.3) is 253 Å². The normalized spacial score (nSPS) is 11.5. The molecule has 0 radical (unpaired) electrons. The Kier molecular flexibility index (Phi) is 20.4. The smallest absolute Gasteiger partial charge is 0.166 e. The first-order valence-electron chi connectivity index (χ1n) is 45.6. The number of thiophene rings is 2. The van der Waals surface area contributed by atoms with Crippen LogP contribution in [0.5, 0.6) is 0 Å². The minimum atomic E-state index is 0.548. The van der Waals surface area contributed by atoms with Crippen molar-refractivity contribution in [2.45, 2.75) is 0 Å². The van der Waals surface area contributed by atoms with Gasteiger partial charge in [0.1, 0.15) is 0 Å². The molecule has 26 aromatic rings. The molecule has 636 valence electrons. The Labute approximate surface area is 792 Å². The standard InChI is InChI=1S/2C62H39N5S/c1-6-19-40(20-7-1)47-34-33-44(37-51(47)41-21-8-2-9-22-41)45-38-52(62-65-60(42-23-10-3-11-24-42)64-61(66-62)43-25-12-4-13-26-43)58(63-39-45)50-30-18-32-54-56(50)57-55(68-54)36-35-49-48-29-16-17-31-53(48)67(59(49)57)46-27-14-5-15-28-46;1-6-18-40(19-7-1)48-32-30-44(36-51(48)41-20-8-2-9-21-41)46-38-53(62-65-60(42-22-10-3-11-23-42)64-61(66-62)43-24-12-4-13-25-43)58(63-39-46)45-31-34-55-52(37-45)57-56(68-55)35-33-50-49-28-16-17-29-54(49)67(59(50)57)47-26-14-5-15-27-47/h2*1-39H. The molecule has 0 aliphatic rings. The average Bonchev–Trinajstić information content (AvgIpc) is 1.55. The minimum absolute atomic E-state index is 0.548. The van der Waals surface area contributed by atoms with Crippen LogP contribution in [-0.2, 0) is 0 Å². The summed E-state index contributed by atoms with van der Waals surface area (Å²) in [6, 6.07) is 162. The highest BCUT2D eigenvalue weighted by atomic mass is 32.1. The second-order valence-electron chi connectivity index (χ2n) is 33.9. The van der Waals surface area contributed by atoms with Gasteiger partial charge < -0.3 is 9.13 Å². The number of pyridine rings is 2. The van der Waals surface area contributed by atoms with Crippen LogP contribution in [0.3, 0.4) is 0 Å². The quantitative estimate of drug-likeness (QED) is 0.0940. The Hall–Kier alpha value is -17.7. The van der Waals surface area contributed by atoms with E-state index in [2.05, 4.69) is 373 Å². The Morgan fingerprint density at radius 2 is 0.493 bits per heavy atom. The lowest BCUT2D eigenvalue weighted by Crippen LogP contribution is -2.02. The first-order chi connectivity index (χ1) is 67.4. The number of hydrogen-bond donors (Lipinski definition) is 0. The second-order valence-corrected chi connectivity index (χ2v) is 36.1. The number of hydrogen-bond acceptors (Lipinski definition) is 10. The lowest BCUT2D eigenvalue weighted by Gasteiger charge is -2.16. The van der Waals surface area contributed by atoms with Crippen molar-refractivity contribution in [1.29, 1.82) is 0 Å². The van der Waals surface area contributed by atoms with Crippen molar-refractivity contribution in [3.8, 4) is 169 Å². The largest absolute Gasteiger partial charge is 0.309 e. The number of aromatic nitrogens is 10. The van der Waals surface area contributed by atoms with Crippen molar-refractivity contribution in [3.63, 3.8) is 0 Å². The van der Waals surface area contributed by atoms with Crippen molar-refractivity contribution in [2.75, 3.05) is 0 Å². The first kappa shape index (κ1) is 80.4. The van der Waals surface area contributed by atoms with E-state index < -0.39 is 0 Å². The van der Waals surface area contributed by atoms with Gasteiger partial charge in [-0.05, 0) is 147 Å². The lowest BCUT2D eigenvalue weighted by molar-refractivity contribution is 1.07. The molecule has 0 saturated carbocycles. The van der Waals surface area contributed by atoms with E-state index in [-0.39, 0.29) is 0 Å². The summed E-state index contributed by atoms with van der Waals surface area (Å²) >= 11 is 3.64. The van der Waals surface area contributed by atoms with E-state index in [4.69, 9.17) is 39.9 Å². The van der Waals surface area contributed by atoms with Crippen LogP contribution in [0, 0.1) is 0 Å². The van der Waals surface area contributed by atoms with Crippen molar-refractivity contribution in [1.82, 2.24) is 49.0 Å². The maximum Gasteiger partial charge on any atom is 0.166 e. The summed E-state index contributed by atoms with van der Waals surface area (Å²) in [5, 5.41) is 9.64. The van der Waals surface area contributed by atoms with E-state index in [1.807, 2.05) is 132 Å². The number of nitrogens with zero attached hydrogens (tertiary/aromatic N) is 10. The van der Waals surface area contributed by atoms with Gasteiger partial charge in [0.15, 0.2) is 34.9 Å². The van der Waals surface area contributed by atoms with Crippen molar-refractivity contribution < 1.29 is 0 Å². The predicted molar refractivity (Wildman–Crippen MR) is 566 cm³/mol. The fraction of sp³-hybridized carbons (Fsp3) is 0. The van der Waals surface area contributed by atoms with Gasteiger partial charge in [-0.25, -0.2) is 29.9 Å². The molecule has 136 heavy (non-hydrogen) atoms. The molecule has 0 fully saturated rings. The van der Waals surface area contributed by atoms with Gasteiger partial charge in [-0.3, -0.25) is 9.97 Å². The average molecular weight is 1770 g/mol. The van der Waals surface area contributed by atoms with Gasteiger partial charge in [0.2, 0.25) is 0 Å². The molecular formula is C124H78N10S2. The SMILES string of the molecule is c1ccc(-c2nc(-c3ccccc3)nc(-c3cc(-c4ccc(-c5ccccc5)c(-c5ccccc5)c4)cnc3-c3ccc4sc5ccc6c7ccccc7n(-c7ccccc7)c6c5c4c3)n2)cc1.c1ccc(-c2nc(-c3ccccc3)nc(-c3cc(-c4ccc(-c5ccccc5)c(-c5ccccc5)c4)cnc3-c3cccc4sc5ccc6c7ccccc7n(-c7ccccc7)c6c5c34)n2)cc1. The van der Waals surface area contributed by atoms with E-state index in [0.29, 0.717) is 34.9 Å². The number of fused-ring (bicyclic) bond motifs is 14. The highest BCUT2D eigenvalue weighted by Gasteiger charge is 2.28. The van der Waals surface area contributed by atoms with E-state index in [1.165, 1.54) is 84.1 Å². The zero-order chi connectivity index (χ0) is 89.9. The van der Waals surface area contributed by atoms with Crippen LogP contribution in [0.4, 0.5) is 0 Å². The van der Waals surface area contributed by atoms with Gasteiger partial charge in [-0.15, -0.1) is 22.7 Å². The molecule has 8 heterocycles. The molecule has 0 atom stereocenters.